The summed E-state index contributed by atoms with van der Waals surface area (Å²) < 4.78 is 5.74. The molecule has 2 N–H and O–H groups in total. The summed E-state index contributed by atoms with van der Waals surface area (Å²) in [6.45, 7) is 0. The van der Waals surface area contributed by atoms with Crippen molar-refractivity contribution in [2.45, 2.75) is 6.42 Å². The Morgan fingerprint density at radius 2 is 1.67 bits per heavy atom. The monoisotopic (exact) mass is 390 g/mol. The van der Waals surface area contributed by atoms with Crippen molar-refractivity contribution < 1.29 is 4.74 Å². The Labute approximate surface area is 176 Å². The van der Waals surface area contributed by atoms with Crippen molar-refractivity contribution in [2.75, 3.05) is 7.11 Å². The molecule has 0 amide bonds. The summed E-state index contributed by atoms with van der Waals surface area (Å²) in [5.41, 5.74) is 9.38. The van der Waals surface area contributed by atoms with Crippen LogP contribution in [-0.4, -0.2) is 7.11 Å². The molecule has 3 heteroatoms. The van der Waals surface area contributed by atoms with Gasteiger partial charge in [-0.2, -0.15) is 5.26 Å². The fraction of sp³-hybridized carbons (Fsp3) is 0.0741. The molecule has 0 saturated heterocycles. The van der Waals surface area contributed by atoms with Crippen molar-refractivity contribution in [1.82, 2.24) is 0 Å². The van der Waals surface area contributed by atoms with E-state index in [1.807, 2.05) is 18.2 Å². The zero-order valence-electron chi connectivity index (χ0n) is 16.8. The number of nitrogens with two attached hydrogens (primary N) is 1. The lowest BCUT2D eigenvalue weighted by atomic mass is 9.90. The van der Waals surface area contributed by atoms with Crippen LogP contribution in [0.4, 0.5) is 0 Å². The Bertz CT molecular complexity index is 1330. The molecule has 0 saturated carbocycles. The smallest absolute Gasteiger partial charge is 0.127 e. The average molecular weight is 390 g/mol. The lowest BCUT2D eigenvalue weighted by Crippen LogP contribution is -1.93. The Hall–Kier alpha value is -4.03. The van der Waals surface area contributed by atoms with Gasteiger partial charge in [0.1, 0.15) is 5.75 Å². The van der Waals surface area contributed by atoms with Gasteiger partial charge in [0.15, 0.2) is 0 Å². The summed E-state index contributed by atoms with van der Waals surface area (Å²) >= 11 is 0. The highest BCUT2D eigenvalue weighted by Gasteiger charge is 2.14. The van der Waals surface area contributed by atoms with Gasteiger partial charge < -0.3 is 10.5 Å². The van der Waals surface area contributed by atoms with Crippen molar-refractivity contribution in [3.8, 4) is 22.9 Å². The lowest BCUT2D eigenvalue weighted by Gasteiger charge is -2.16. The van der Waals surface area contributed by atoms with E-state index in [1.54, 1.807) is 13.2 Å². The fourth-order valence-corrected chi connectivity index (χ4v) is 3.93. The molecule has 0 atom stereocenters. The van der Waals surface area contributed by atoms with Crippen molar-refractivity contribution in [3.05, 3.63) is 102 Å². The van der Waals surface area contributed by atoms with Gasteiger partial charge in [0, 0.05) is 11.1 Å². The third kappa shape index (κ3) is 3.52. The molecule has 4 rings (SSSR count). The standard InChI is InChI=1S/C27H22N2O/c1-30-26-15-13-20-6-2-3-8-23(20)27(26)25-14-12-21(11-10-19(18-29)16-17-28)22-7-4-5-9-24(22)25/h2-10,12-17H,11,28H2,1H3/b17-16-,19-10+. The Balaban J connectivity index is 1.94. The highest BCUT2D eigenvalue weighted by atomic mass is 16.5. The first-order valence-corrected chi connectivity index (χ1v) is 9.82. The van der Waals surface area contributed by atoms with Gasteiger partial charge in [-0.1, -0.05) is 72.8 Å². The number of hydrogen-bond acceptors (Lipinski definition) is 3. The molecule has 0 heterocycles. The molecule has 3 nitrogen and oxygen atoms in total. The van der Waals surface area contributed by atoms with E-state index in [9.17, 15) is 5.26 Å². The number of ether oxygens (including phenoxy) is 1. The molecule has 30 heavy (non-hydrogen) atoms. The molecular weight excluding hydrogens is 368 g/mol. The predicted molar refractivity (Wildman–Crippen MR) is 124 cm³/mol. The van der Waals surface area contributed by atoms with Gasteiger partial charge in [-0.25, -0.2) is 0 Å². The van der Waals surface area contributed by atoms with E-state index in [2.05, 4.69) is 66.7 Å². The van der Waals surface area contributed by atoms with Crippen LogP contribution in [-0.2, 0) is 6.42 Å². The minimum atomic E-state index is 0.557. The van der Waals surface area contributed by atoms with E-state index in [0.717, 1.165) is 38.6 Å². The third-order valence-electron chi connectivity index (χ3n) is 5.34. The summed E-state index contributed by atoms with van der Waals surface area (Å²) in [4.78, 5) is 0. The van der Waals surface area contributed by atoms with E-state index < -0.39 is 0 Å². The number of fused-ring (bicyclic) bond motifs is 2. The maximum absolute atomic E-state index is 9.26. The highest BCUT2D eigenvalue weighted by molar-refractivity contribution is 6.08. The number of allylic oxidation sites excluding steroid dienone is 3. The van der Waals surface area contributed by atoms with Gasteiger partial charge in [0.2, 0.25) is 0 Å². The molecule has 0 aliphatic rings. The second-order valence-corrected chi connectivity index (χ2v) is 7.02. The summed E-state index contributed by atoms with van der Waals surface area (Å²) in [5.74, 6) is 0.853. The van der Waals surface area contributed by atoms with E-state index in [0.29, 0.717) is 12.0 Å². The van der Waals surface area contributed by atoms with E-state index in [4.69, 9.17) is 10.5 Å². The average Bonchev–Trinajstić information content (AvgIpc) is 2.81. The van der Waals surface area contributed by atoms with Crippen LogP contribution in [0.5, 0.6) is 5.75 Å². The molecule has 0 bridgehead atoms. The Kier molecular flexibility index (Phi) is 5.50. The molecule has 0 aliphatic carbocycles. The van der Waals surface area contributed by atoms with E-state index >= 15 is 0 Å². The first-order valence-electron chi connectivity index (χ1n) is 9.82. The molecule has 146 valence electrons. The SMILES string of the molecule is COc1ccc2ccccc2c1-c1ccc(C/C=C(C#N)\C=C/N)c2ccccc12. The molecule has 0 spiro atoms. The summed E-state index contributed by atoms with van der Waals surface area (Å²) in [7, 11) is 1.71. The zero-order valence-corrected chi connectivity index (χ0v) is 16.8. The lowest BCUT2D eigenvalue weighted by molar-refractivity contribution is 0.417. The molecule has 0 unspecified atom stereocenters. The summed E-state index contributed by atoms with van der Waals surface area (Å²) in [6.07, 6.45) is 5.57. The molecule has 0 fully saturated rings. The minimum Gasteiger partial charge on any atom is -0.496 e. The van der Waals surface area contributed by atoms with Gasteiger partial charge in [-0.05, 0) is 57.4 Å². The quantitative estimate of drug-likeness (QED) is 0.329. The van der Waals surface area contributed by atoms with Crippen LogP contribution < -0.4 is 10.5 Å². The first kappa shape index (κ1) is 19.3. The van der Waals surface area contributed by atoms with Gasteiger partial charge in [-0.3, -0.25) is 0 Å². The van der Waals surface area contributed by atoms with Gasteiger partial charge in [0.05, 0.1) is 13.2 Å². The van der Waals surface area contributed by atoms with Gasteiger partial charge >= 0.3 is 0 Å². The number of benzene rings is 4. The Morgan fingerprint density at radius 3 is 2.40 bits per heavy atom. The van der Waals surface area contributed by atoms with Crippen LogP contribution in [0.3, 0.4) is 0 Å². The molecule has 0 aliphatic heterocycles. The molecule has 4 aromatic rings. The van der Waals surface area contributed by atoms with Crippen LogP contribution >= 0.6 is 0 Å². The number of methoxy groups -OCH3 is 1. The largest absolute Gasteiger partial charge is 0.496 e. The van der Waals surface area contributed by atoms with E-state index in [1.165, 1.54) is 11.6 Å². The Morgan fingerprint density at radius 1 is 0.933 bits per heavy atom. The second kappa shape index (κ2) is 8.55. The van der Waals surface area contributed by atoms with Crippen molar-refractivity contribution in [3.63, 3.8) is 0 Å². The van der Waals surface area contributed by atoms with Crippen molar-refractivity contribution in [1.29, 1.82) is 5.26 Å². The number of hydrogen-bond donors (Lipinski definition) is 1. The number of nitrogens with zero attached hydrogens (tertiary/aromatic N) is 1. The molecule has 0 aromatic heterocycles. The van der Waals surface area contributed by atoms with Crippen LogP contribution in [0.25, 0.3) is 32.7 Å². The van der Waals surface area contributed by atoms with Crippen LogP contribution in [0.15, 0.2) is 96.7 Å². The highest BCUT2D eigenvalue weighted by Crippen LogP contribution is 2.41. The zero-order chi connectivity index (χ0) is 20.9. The second-order valence-electron chi connectivity index (χ2n) is 7.02. The minimum absolute atomic E-state index is 0.557. The first-order chi connectivity index (χ1) is 14.8. The maximum Gasteiger partial charge on any atom is 0.127 e. The van der Waals surface area contributed by atoms with Crippen molar-refractivity contribution >= 4 is 21.5 Å². The molecule has 4 aromatic carbocycles. The normalized spacial score (nSPS) is 11.8. The topological polar surface area (TPSA) is 59.0 Å². The van der Waals surface area contributed by atoms with Crippen LogP contribution in [0, 0.1) is 11.3 Å². The van der Waals surface area contributed by atoms with Crippen LogP contribution in [0.1, 0.15) is 5.56 Å². The third-order valence-corrected chi connectivity index (χ3v) is 5.34. The fourth-order valence-electron chi connectivity index (χ4n) is 3.93. The maximum atomic E-state index is 9.26. The van der Waals surface area contributed by atoms with Gasteiger partial charge in [0.25, 0.3) is 0 Å². The van der Waals surface area contributed by atoms with Crippen LogP contribution in [0.2, 0.25) is 0 Å². The number of nitriles is 1. The summed E-state index contributed by atoms with van der Waals surface area (Å²) in [6, 6.07) is 27.3. The molecular formula is C27H22N2O. The predicted octanol–water partition coefficient (Wildman–Crippen LogP) is 6.13. The number of rotatable bonds is 5. The van der Waals surface area contributed by atoms with Gasteiger partial charge in [-0.15, -0.1) is 0 Å². The molecule has 0 radical (unpaired) electrons. The van der Waals surface area contributed by atoms with Crippen molar-refractivity contribution in [2.24, 2.45) is 5.73 Å². The summed E-state index contributed by atoms with van der Waals surface area (Å²) in [5, 5.41) is 13.9. The van der Waals surface area contributed by atoms with E-state index in [-0.39, 0.29) is 0 Å².